The third-order valence-electron chi connectivity index (χ3n) is 2.54. The highest BCUT2D eigenvalue weighted by Gasteiger charge is 2.26. The van der Waals surface area contributed by atoms with E-state index in [1.807, 2.05) is 21.0 Å². The molecule has 2 atom stereocenters. The number of amides is 1. The minimum Gasteiger partial charge on any atom is -0.352 e. The van der Waals surface area contributed by atoms with Crippen LogP contribution in [-0.2, 0) is 4.79 Å². The highest BCUT2D eigenvalue weighted by Crippen LogP contribution is 2.05. The van der Waals surface area contributed by atoms with Crippen molar-refractivity contribution in [2.24, 2.45) is 0 Å². The quantitative estimate of drug-likeness (QED) is 0.604. The molecule has 2 N–H and O–H groups in total. The SMILES string of the molecule is CNCC1C(=O)NC(C)CCN1C. The zero-order valence-electron chi connectivity index (χ0n) is 8.63. The molecular weight excluding hydrogens is 166 g/mol. The van der Waals surface area contributed by atoms with Gasteiger partial charge in [0.05, 0.1) is 0 Å². The first-order valence-corrected chi connectivity index (χ1v) is 4.80. The zero-order valence-corrected chi connectivity index (χ0v) is 8.63. The molecule has 1 fully saturated rings. The lowest BCUT2D eigenvalue weighted by atomic mass is 10.2. The van der Waals surface area contributed by atoms with Crippen LogP contribution in [0.5, 0.6) is 0 Å². The van der Waals surface area contributed by atoms with Gasteiger partial charge in [0, 0.05) is 19.1 Å². The average molecular weight is 185 g/mol. The highest BCUT2D eigenvalue weighted by atomic mass is 16.2. The Morgan fingerprint density at radius 1 is 1.69 bits per heavy atom. The first-order valence-electron chi connectivity index (χ1n) is 4.80. The zero-order chi connectivity index (χ0) is 9.84. The van der Waals surface area contributed by atoms with Crippen molar-refractivity contribution in [2.45, 2.75) is 25.4 Å². The van der Waals surface area contributed by atoms with Crippen LogP contribution in [0.1, 0.15) is 13.3 Å². The van der Waals surface area contributed by atoms with E-state index in [2.05, 4.69) is 15.5 Å². The molecule has 0 radical (unpaired) electrons. The Bertz CT molecular complexity index is 184. The van der Waals surface area contributed by atoms with Gasteiger partial charge in [0.15, 0.2) is 0 Å². The van der Waals surface area contributed by atoms with Gasteiger partial charge in [-0.3, -0.25) is 9.69 Å². The minimum absolute atomic E-state index is 0.0186. The molecule has 1 amide bonds. The van der Waals surface area contributed by atoms with Crippen molar-refractivity contribution < 1.29 is 4.79 Å². The molecule has 0 aliphatic carbocycles. The maximum atomic E-state index is 11.6. The summed E-state index contributed by atoms with van der Waals surface area (Å²) in [6.07, 6.45) is 1.03. The summed E-state index contributed by atoms with van der Waals surface area (Å²) in [6, 6.07) is 0.284. The summed E-state index contributed by atoms with van der Waals surface area (Å²) in [7, 11) is 3.87. The van der Waals surface area contributed by atoms with Crippen LogP contribution in [-0.4, -0.2) is 50.1 Å². The van der Waals surface area contributed by atoms with Gasteiger partial charge in [-0.1, -0.05) is 0 Å². The lowest BCUT2D eigenvalue weighted by molar-refractivity contribution is -0.125. The molecule has 4 heteroatoms. The Morgan fingerprint density at radius 3 is 3.00 bits per heavy atom. The van der Waals surface area contributed by atoms with Crippen molar-refractivity contribution in [3.63, 3.8) is 0 Å². The molecule has 0 spiro atoms. The number of hydrogen-bond acceptors (Lipinski definition) is 3. The van der Waals surface area contributed by atoms with E-state index in [-0.39, 0.29) is 11.9 Å². The maximum Gasteiger partial charge on any atom is 0.238 e. The van der Waals surface area contributed by atoms with E-state index in [4.69, 9.17) is 0 Å². The maximum absolute atomic E-state index is 11.6. The fourth-order valence-electron chi connectivity index (χ4n) is 1.61. The second-order valence-electron chi connectivity index (χ2n) is 3.75. The Hall–Kier alpha value is -0.610. The van der Waals surface area contributed by atoms with E-state index in [0.717, 1.165) is 19.5 Å². The normalized spacial score (nSPS) is 31.2. The summed E-state index contributed by atoms with van der Waals surface area (Å²) in [5, 5.41) is 6.02. The van der Waals surface area contributed by atoms with Gasteiger partial charge in [0.25, 0.3) is 0 Å². The number of carbonyl (C=O) groups is 1. The topological polar surface area (TPSA) is 44.4 Å². The number of carbonyl (C=O) groups excluding carboxylic acids is 1. The number of likely N-dealkylation sites (N-methyl/N-ethyl adjacent to an activating group) is 2. The fraction of sp³-hybridized carbons (Fsp3) is 0.889. The molecule has 1 aliphatic heterocycles. The molecule has 1 aliphatic rings. The summed E-state index contributed by atoms with van der Waals surface area (Å²) < 4.78 is 0. The molecule has 0 saturated carbocycles. The largest absolute Gasteiger partial charge is 0.352 e. The summed E-state index contributed by atoms with van der Waals surface area (Å²) in [5.41, 5.74) is 0. The van der Waals surface area contributed by atoms with Crippen LogP contribution in [0.15, 0.2) is 0 Å². The van der Waals surface area contributed by atoms with Gasteiger partial charge >= 0.3 is 0 Å². The predicted octanol–water partition coefficient (Wildman–Crippen LogP) is -0.585. The Kier molecular flexibility index (Phi) is 3.69. The van der Waals surface area contributed by atoms with Gasteiger partial charge in [-0.2, -0.15) is 0 Å². The lowest BCUT2D eigenvalue weighted by Gasteiger charge is -2.23. The van der Waals surface area contributed by atoms with E-state index >= 15 is 0 Å². The van der Waals surface area contributed by atoms with Crippen LogP contribution < -0.4 is 10.6 Å². The van der Waals surface area contributed by atoms with Crippen LogP contribution in [0.4, 0.5) is 0 Å². The van der Waals surface area contributed by atoms with Crippen molar-refractivity contribution in [3.05, 3.63) is 0 Å². The van der Waals surface area contributed by atoms with Crippen LogP contribution >= 0.6 is 0 Å². The number of nitrogens with zero attached hydrogens (tertiary/aromatic N) is 1. The number of rotatable bonds is 2. The third kappa shape index (κ3) is 2.67. The standard InChI is InChI=1S/C9H19N3O/c1-7-4-5-12(3)8(6-10-2)9(13)11-7/h7-8,10H,4-6H2,1-3H3,(H,11,13). The number of hydrogen-bond donors (Lipinski definition) is 2. The lowest BCUT2D eigenvalue weighted by Crippen LogP contribution is -2.48. The van der Waals surface area contributed by atoms with Crippen molar-refractivity contribution in [1.82, 2.24) is 15.5 Å². The number of nitrogens with one attached hydrogen (secondary N) is 2. The monoisotopic (exact) mass is 185 g/mol. The van der Waals surface area contributed by atoms with Crippen LogP contribution in [0, 0.1) is 0 Å². The van der Waals surface area contributed by atoms with Crippen LogP contribution in [0.3, 0.4) is 0 Å². The van der Waals surface area contributed by atoms with Gasteiger partial charge in [-0.05, 0) is 27.4 Å². The molecule has 0 aromatic carbocycles. The average Bonchev–Trinajstić information content (AvgIpc) is 2.19. The van der Waals surface area contributed by atoms with Gasteiger partial charge in [0.1, 0.15) is 6.04 Å². The van der Waals surface area contributed by atoms with E-state index < -0.39 is 0 Å². The minimum atomic E-state index is -0.0186. The van der Waals surface area contributed by atoms with Crippen molar-refractivity contribution in [1.29, 1.82) is 0 Å². The predicted molar refractivity (Wildman–Crippen MR) is 52.6 cm³/mol. The second-order valence-corrected chi connectivity index (χ2v) is 3.75. The molecule has 2 unspecified atom stereocenters. The molecule has 0 aromatic heterocycles. The molecule has 0 aromatic rings. The highest BCUT2D eigenvalue weighted by molar-refractivity contribution is 5.82. The van der Waals surface area contributed by atoms with E-state index in [1.165, 1.54) is 0 Å². The van der Waals surface area contributed by atoms with E-state index in [0.29, 0.717) is 6.04 Å². The van der Waals surface area contributed by atoms with Gasteiger partial charge < -0.3 is 10.6 Å². The fourth-order valence-corrected chi connectivity index (χ4v) is 1.61. The van der Waals surface area contributed by atoms with Crippen molar-refractivity contribution in [3.8, 4) is 0 Å². The molecule has 1 saturated heterocycles. The van der Waals surface area contributed by atoms with Crippen LogP contribution in [0.2, 0.25) is 0 Å². The third-order valence-corrected chi connectivity index (χ3v) is 2.54. The Morgan fingerprint density at radius 2 is 2.38 bits per heavy atom. The van der Waals surface area contributed by atoms with Gasteiger partial charge in [0.2, 0.25) is 5.91 Å². The molecule has 4 nitrogen and oxygen atoms in total. The summed E-state index contributed by atoms with van der Waals surface area (Å²) in [5.74, 6) is 0.141. The Balaban J connectivity index is 2.61. The van der Waals surface area contributed by atoms with Crippen molar-refractivity contribution in [2.75, 3.05) is 27.2 Å². The summed E-state index contributed by atoms with van der Waals surface area (Å²) in [6.45, 7) is 3.74. The van der Waals surface area contributed by atoms with Crippen LogP contribution in [0.25, 0.3) is 0 Å². The molecule has 1 rings (SSSR count). The molecular formula is C9H19N3O. The molecule has 1 heterocycles. The summed E-state index contributed by atoms with van der Waals surface area (Å²) in [4.78, 5) is 13.7. The van der Waals surface area contributed by atoms with Gasteiger partial charge in [-0.25, -0.2) is 0 Å². The Labute approximate surface area is 79.7 Å². The second kappa shape index (κ2) is 4.58. The van der Waals surface area contributed by atoms with Crippen molar-refractivity contribution >= 4 is 5.91 Å². The first-order chi connectivity index (χ1) is 6.15. The van der Waals surface area contributed by atoms with E-state index in [9.17, 15) is 4.79 Å². The van der Waals surface area contributed by atoms with E-state index in [1.54, 1.807) is 0 Å². The summed E-state index contributed by atoms with van der Waals surface area (Å²) >= 11 is 0. The van der Waals surface area contributed by atoms with Gasteiger partial charge in [-0.15, -0.1) is 0 Å². The first kappa shape index (κ1) is 10.5. The molecule has 76 valence electrons. The smallest absolute Gasteiger partial charge is 0.238 e. The molecule has 13 heavy (non-hydrogen) atoms. The molecule has 0 bridgehead atoms.